The monoisotopic (exact) mass is 301 g/mol. The summed E-state index contributed by atoms with van der Waals surface area (Å²) in [5.41, 5.74) is 2.37. The number of carbonyl (C=O) groups is 1. The first-order valence-corrected chi connectivity index (χ1v) is 5.25. The highest BCUT2D eigenvalue weighted by Crippen LogP contribution is 2.31. The van der Waals surface area contributed by atoms with Crippen LogP contribution in [0.2, 0.25) is 0 Å². The molecule has 3 nitrogen and oxygen atoms in total. The van der Waals surface area contributed by atoms with Crippen molar-refractivity contribution in [2.24, 2.45) is 4.99 Å². The summed E-state index contributed by atoms with van der Waals surface area (Å²) >= 11 is 2.21. The Labute approximate surface area is 95.4 Å². The van der Waals surface area contributed by atoms with Gasteiger partial charge in [-0.05, 0) is 29.0 Å². The van der Waals surface area contributed by atoms with Crippen LogP contribution in [0.5, 0.6) is 0 Å². The molecule has 0 atom stereocenters. The third-order valence-electron chi connectivity index (χ3n) is 2.12. The lowest BCUT2D eigenvalue weighted by molar-refractivity contribution is -0.135. The van der Waals surface area contributed by atoms with Gasteiger partial charge in [0.05, 0.1) is 18.4 Å². The molecule has 2 aliphatic rings. The lowest BCUT2D eigenvalue weighted by Gasteiger charge is -2.11. The number of ether oxygens (including phenoxy) is 1. The number of rotatable bonds is 1. The van der Waals surface area contributed by atoms with Crippen LogP contribution in [0.4, 0.5) is 0 Å². The molecule has 0 aromatic rings. The molecule has 0 aromatic carbocycles. The van der Waals surface area contributed by atoms with Gasteiger partial charge in [0.2, 0.25) is 0 Å². The zero-order valence-corrected chi connectivity index (χ0v) is 9.74. The van der Waals surface area contributed by atoms with Crippen molar-refractivity contribution in [3.63, 3.8) is 0 Å². The second kappa shape index (κ2) is 3.68. The smallest absolute Gasteiger partial charge is 0.339 e. The molecule has 2 rings (SSSR count). The number of hydrogen-bond donors (Lipinski definition) is 0. The molecular formula is C10H8INO2. The van der Waals surface area contributed by atoms with Crippen LogP contribution in [0.15, 0.2) is 38.1 Å². The predicted molar refractivity (Wildman–Crippen MR) is 62.3 cm³/mol. The highest BCUT2D eigenvalue weighted by Gasteiger charge is 2.26. The van der Waals surface area contributed by atoms with Gasteiger partial charge in [0.25, 0.3) is 0 Å². The Morgan fingerprint density at radius 3 is 3.07 bits per heavy atom. The SMILES string of the molecule is COC(=O)C1=CCC=C2C(I)=CN=C12. The first kappa shape index (κ1) is 9.64. The largest absolute Gasteiger partial charge is 0.465 e. The summed E-state index contributed by atoms with van der Waals surface area (Å²) < 4.78 is 5.77. The summed E-state index contributed by atoms with van der Waals surface area (Å²) in [6.07, 6.45) is 6.44. The number of halogens is 1. The van der Waals surface area contributed by atoms with Crippen LogP contribution in [0.1, 0.15) is 6.42 Å². The van der Waals surface area contributed by atoms with E-state index in [2.05, 4.69) is 33.7 Å². The molecule has 1 heterocycles. The minimum atomic E-state index is -0.311. The fourth-order valence-corrected chi connectivity index (χ4v) is 2.08. The predicted octanol–water partition coefficient (Wildman–Crippen LogP) is 2.15. The number of nitrogens with zero attached hydrogens (tertiary/aromatic N) is 1. The summed E-state index contributed by atoms with van der Waals surface area (Å²) in [5, 5.41) is 0. The summed E-state index contributed by atoms with van der Waals surface area (Å²) in [4.78, 5) is 15.6. The van der Waals surface area contributed by atoms with E-state index in [1.807, 2.05) is 6.08 Å². The highest BCUT2D eigenvalue weighted by molar-refractivity contribution is 14.1. The number of carbonyl (C=O) groups excluding carboxylic acids is 1. The van der Waals surface area contributed by atoms with Gasteiger partial charge in [0.1, 0.15) is 0 Å². The summed E-state index contributed by atoms with van der Waals surface area (Å²) in [5.74, 6) is -0.311. The van der Waals surface area contributed by atoms with Crippen LogP contribution in [0, 0.1) is 0 Å². The van der Waals surface area contributed by atoms with Gasteiger partial charge in [-0.1, -0.05) is 12.2 Å². The molecule has 0 N–H and O–H groups in total. The molecule has 0 amide bonds. The number of fused-ring (bicyclic) bond motifs is 1. The van der Waals surface area contributed by atoms with Gasteiger partial charge < -0.3 is 4.74 Å². The third-order valence-corrected chi connectivity index (χ3v) is 2.98. The topological polar surface area (TPSA) is 38.7 Å². The quantitative estimate of drug-likeness (QED) is 0.550. The number of methoxy groups -OCH3 is 1. The van der Waals surface area contributed by atoms with Crippen LogP contribution in [0.3, 0.4) is 0 Å². The van der Waals surface area contributed by atoms with Crippen molar-refractivity contribution in [2.75, 3.05) is 7.11 Å². The number of esters is 1. The van der Waals surface area contributed by atoms with E-state index >= 15 is 0 Å². The van der Waals surface area contributed by atoms with E-state index in [9.17, 15) is 4.79 Å². The number of allylic oxidation sites excluding steroid dienone is 4. The fraction of sp³-hybridized carbons (Fsp3) is 0.200. The molecule has 0 bridgehead atoms. The second-order valence-corrected chi connectivity index (χ2v) is 4.08. The molecule has 0 saturated carbocycles. The molecule has 1 aliphatic heterocycles. The van der Waals surface area contributed by atoms with E-state index < -0.39 is 0 Å². The minimum absolute atomic E-state index is 0.311. The van der Waals surface area contributed by atoms with Gasteiger partial charge in [0, 0.05) is 15.4 Å². The standard InChI is InChI=1S/C10H8INO2/c1-14-10(13)7-4-2-3-6-8(11)5-12-9(6)7/h3-5H,2H2,1H3. The van der Waals surface area contributed by atoms with Crippen molar-refractivity contribution in [3.8, 4) is 0 Å². The molecule has 0 unspecified atom stereocenters. The summed E-state index contributed by atoms with van der Waals surface area (Å²) in [6, 6.07) is 0. The van der Waals surface area contributed by atoms with Gasteiger partial charge in [0.15, 0.2) is 0 Å². The van der Waals surface area contributed by atoms with Gasteiger partial charge in [-0.3, -0.25) is 4.99 Å². The Bertz CT molecular complexity index is 416. The molecular weight excluding hydrogens is 293 g/mol. The Morgan fingerprint density at radius 2 is 2.36 bits per heavy atom. The second-order valence-electron chi connectivity index (χ2n) is 2.92. The third kappa shape index (κ3) is 1.43. The number of hydrogen-bond acceptors (Lipinski definition) is 3. The lowest BCUT2D eigenvalue weighted by Crippen LogP contribution is -2.17. The first-order valence-electron chi connectivity index (χ1n) is 4.17. The Morgan fingerprint density at radius 1 is 1.57 bits per heavy atom. The van der Waals surface area contributed by atoms with E-state index in [1.165, 1.54) is 7.11 Å². The zero-order valence-electron chi connectivity index (χ0n) is 7.58. The van der Waals surface area contributed by atoms with Gasteiger partial charge in [-0.15, -0.1) is 0 Å². The maximum Gasteiger partial charge on any atom is 0.339 e. The highest BCUT2D eigenvalue weighted by atomic mass is 127. The molecule has 4 heteroatoms. The van der Waals surface area contributed by atoms with E-state index in [1.54, 1.807) is 6.20 Å². The van der Waals surface area contributed by atoms with Crippen molar-refractivity contribution in [3.05, 3.63) is 33.1 Å². The molecule has 72 valence electrons. The maximum absolute atomic E-state index is 11.4. The summed E-state index contributed by atoms with van der Waals surface area (Å²) in [6.45, 7) is 0. The zero-order chi connectivity index (χ0) is 10.1. The van der Waals surface area contributed by atoms with Crippen molar-refractivity contribution < 1.29 is 9.53 Å². The van der Waals surface area contributed by atoms with Crippen LogP contribution in [-0.4, -0.2) is 18.8 Å². The van der Waals surface area contributed by atoms with Gasteiger partial charge >= 0.3 is 5.97 Å². The molecule has 14 heavy (non-hydrogen) atoms. The van der Waals surface area contributed by atoms with Crippen LogP contribution in [-0.2, 0) is 9.53 Å². The average Bonchev–Trinajstić information content (AvgIpc) is 2.59. The van der Waals surface area contributed by atoms with Crippen molar-refractivity contribution in [1.29, 1.82) is 0 Å². The van der Waals surface area contributed by atoms with Crippen molar-refractivity contribution in [1.82, 2.24) is 0 Å². The molecule has 0 saturated heterocycles. The first-order chi connectivity index (χ1) is 6.74. The molecule has 0 fully saturated rings. The lowest BCUT2D eigenvalue weighted by atomic mass is 9.97. The molecule has 0 spiro atoms. The van der Waals surface area contributed by atoms with E-state index in [-0.39, 0.29) is 5.97 Å². The van der Waals surface area contributed by atoms with E-state index in [4.69, 9.17) is 4.74 Å². The summed E-state index contributed by atoms with van der Waals surface area (Å²) in [7, 11) is 1.38. The normalized spacial score (nSPS) is 19.0. The van der Waals surface area contributed by atoms with Crippen LogP contribution < -0.4 is 0 Å². The van der Waals surface area contributed by atoms with E-state index in [0.717, 1.165) is 21.3 Å². The van der Waals surface area contributed by atoms with Crippen molar-refractivity contribution >= 4 is 34.3 Å². The maximum atomic E-state index is 11.4. The van der Waals surface area contributed by atoms with Gasteiger partial charge in [-0.2, -0.15) is 0 Å². The van der Waals surface area contributed by atoms with Crippen LogP contribution >= 0.6 is 22.6 Å². The Hall–Kier alpha value is -0.910. The van der Waals surface area contributed by atoms with E-state index in [0.29, 0.717) is 5.57 Å². The molecule has 1 aliphatic carbocycles. The van der Waals surface area contributed by atoms with Crippen molar-refractivity contribution in [2.45, 2.75) is 6.42 Å². The Kier molecular flexibility index (Phi) is 2.54. The van der Waals surface area contributed by atoms with Gasteiger partial charge in [-0.25, -0.2) is 4.79 Å². The minimum Gasteiger partial charge on any atom is -0.465 e. The number of aliphatic imine (C=N–C) groups is 1. The Balaban J connectivity index is 2.34. The average molecular weight is 301 g/mol. The fourth-order valence-electron chi connectivity index (χ4n) is 1.46. The molecule has 0 radical (unpaired) electrons. The van der Waals surface area contributed by atoms with Crippen LogP contribution in [0.25, 0.3) is 0 Å². The molecule has 0 aromatic heterocycles.